The fourth-order valence-corrected chi connectivity index (χ4v) is 4.09. The van der Waals surface area contributed by atoms with Gasteiger partial charge in [-0.2, -0.15) is 4.31 Å². The van der Waals surface area contributed by atoms with Crippen molar-refractivity contribution in [1.29, 1.82) is 0 Å². The summed E-state index contributed by atoms with van der Waals surface area (Å²) in [4.78, 5) is 10.1. The van der Waals surface area contributed by atoms with Crippen LogP contribution in [0.4, 0.5) is 5.69 Å². The molecule has 0 aromatic heterocycles. The summed E-state index contributed by atoms with van der Waals surface area (Å²) in [5.74, 6) is 0.284. The molecular formula is C12H16N2O4S. The Morgan fingerprint density at radius 3 is 2.68 bits per heavy atom. The summed E-state index contributed by atoms with van der Waals surface area (Å²) in [6.45, 7) is 2.84. The smallest absolute Gasteiger partial charge is 0.258 e. The van der Waals surface area contributed by atoms with E-state index in [1.807, 2.05) is 6.92 Å². The van der Waals surface area contributed by atoms with E-state index in [4.69, 9.17) is 0 Å². The summed E-state index contributed by atoms with van der Waals surface area (Å²) >= 11 is 0. The largest absolute Gasteiger partial charge is 0.289 e. The second-order valence-electron chi connectivity index (χ2n) is 4.84. The van der Waals surface area contributed by atoms with E-state index in [2.05, 4.69) is 0 Å². The van der Waals surface area contributed by atoms with Crippen LogP contribution in [0.1, 0.15) is 19.8 Å². The number of para-hydroxylation sites is 1. The fraction of sp³-hybridized carbons (Fsp3) is 0.500. The molecule has 1 aliphatic rings. The van der Waals surface area contributed by atoms with Gasteiger partial charge in [0.15, 0.2) is 4.90 Å². The summed E-state index contributed by atoms with van der Waals surface area (Å²) in [5.41, 5.74) is -0.360. The molecule has 0 bridgehead atoms. The van der Waals surface area contributed by atoms with E-state index < -0.39 is 14.9 Å². The Balaban J connectivity index is 2.42. The van der Waals surface area contributed by atoms with Gasteiger partial charge in [0.2, 0.25) is 10.0 Å². The molecule has 19 heavy (non-hydrogen) atoms. The number of hydrogen-bond acceptors (Lipinski definition) is 4. The van der Waals surface area contributed by atoms with Gasteiger partial charge in [-0.05, 0) is 24.8 Å². The highest BCUT2D eigenvalue weighted by Gasteiger charge is 2.33. The zero-order valence-corrected chi connectivity index (χ0v) is 11.5. The number of rotatable bonds is 3. The molecule has 0 radical (unpaired) electrons. The van der Waals surface area contributed by atoms with Crippen LogP contribution in [0.2, 0.25) is 0 Å². The number of sulfonamides is 1. The van der Waals surface area contributed by atoms with Crippen molar-refractivity contribution in [3.05, 3.63) is 34.4 Å². The number of piperidine rings is 1. The summed E-state index contributed by atoms with van der Waals surface area (Å²) in [6, 6.07) is 5.50. The lowest BCUT2D eigenvalue weighted by Gasteiger charge is -2.29. The van der Waals surface area contributed by atoms with Crippen molar-refractivity contribution >= 4 is 15.7 Å². The number of benzene rings is 1. The SMILES string of the molecule is C[C@@H]1CCCN(S(=O)(=O)c2ccccc2[N+](=O)[O-])C1. The Morgan fingerprint density at radius 1 is 1.37 bits per heavy atom. The summed E-state index contributed by atoms with van der Waals surface area (Å²) in [6.07, 6.45) is 1.78. The lowest BCUT2D eigenvalue weighted by molar-refractivity contribution is -0.387. The summed E-state index contributed by atoms with van der Waals surface area (Å²) in [7, 11) is -3.78. The second kappa shape index (κ2) is 5.26. The summed E-state index contributed by atoms with van der Waals surface area (Å²) in [5, 5.41) is 10.9. The van der Waals surface area contributed by atoms with E-state index >= 15 is 0 Å². The van der Waals surface area contributed by atoms with Crippen molar-refractivity contribution in [1.82, 2.24) is 4.31 Å². The van der Waals surface area contributed by atoms with E-state index in [1.54, 1.807) is 0 Å². The Labute approximate surface area is 112 Å². The molecule has 2 rings (SSSR count). The van der Waals surface area contributed by atoms with Crippen LogP contribution in [-0.2, 0) is 10.0 Å². The van der Waals surface area contributed by atoms with E-state index in [0.29, 0.717) is 13.1 Å². The molecule has 1 atom stereocenters. The van der Waals surface area contributed by atoms with Crippen LogP contribution in [0, 0.1) is 16.0 Å². The van der Waals surface area contributed by atoms with E-state index in [0.717, 1.165) is 12.8 Å². The van der Waals surface area contributed by atoms with Crippen LogP contribution in [0.15, 0.2) is 29.2 Å². The zero-order valence-electron chi connectivity index (χ0n) is 10.7. The van der Waals surface area contributed by atoms with Crippen LogP contribution in [-0.4, -0.2) is 30.7 Å². The molecule has 1 heterocycles. The maximum absolute atomic E-state index is 12.5. The van der Waals surface area contributed by atoms with E-state index in [9.17, 15) is 18.5 Å². The lowest BCUT2D eigenvalue weighted by Crippen LogP contribution is -2.39. The van der Waals surface area contributed by atoms with E-state index in [1.165, 1.54) is 28.6 Å². The first-order chi connectivity index (χ1) is 8.93. The predicted molar refractivity (Wildman–Crippen MR) is 70.3 cm³/mol. The van der Waals surface area contributed by atoms with Crippen molar-refractivity contribution in [2.75, 3.05) is 13.1 Å². The van der Waals surface area contributed by atoms with Gasteiger partial charge in [-0.15, -0.1) is 0 Å². The van der Waals surface area contributed by atoms with Gasteiger partial charge < -0.3 is 0 Å². The molecule has 7 heteroatoms. The van der Waals surface area contributed by atoms with Crippen molar-refractivity contribution in [2.45, 2.75) is 24.7 Å². The van der Waals surface area contributed by atoms with Crippen LogP contribution in [0.3, 0.4) is 0 Å². The van der Waals surface area contributed by atoms with Gasteiger partial charge in [-0.25, -0.2) is 8.42 Å². The average Bonchev–Trinajstić information content (AvgIpc) is 2.38. The molecule has 0 aliphatic carbocycles. The third kappa shape index (κ3) is 2.76. The average molecular weight is 284 g/mol. The molecule has 1 fully saturated rings. The van der Waals surface area contributed by atoms with Gasteiger partial charge >= 0.3 is 0 Å². The standard InChI is InChI=1S/C12H16N2O4S/c1-10-5-4-8-13(9-10)19(17,18)12-7-3-2-6-11(12)14(15)16/h2-3,6-7,10H,4-5,8-9H2,1H3/t10-/m1/s1. The minimum Gasteiger partial charge on any atom is -0.258 e. The zero-order chi connectivity index (χ0) is 14.0. The van der Waals surface area contributed by atoms with Crippen molar-refractivity contribution < 1.29 is 13.3 Å². The molecule has 0 unspecified atom stereocenters. The van der Waals surface area contributed by atoms with Crippen molar-refractivity contribution in [3.63, 3.8) is 0 Å². The normalized spacial score (nSPS) is 21.2. The first kappa shape index (κ1) is 14.0. The lowest BCUT2D eigenvalue weighted by atomic mass is 10.0. The van der Waals surface area contributed by atoms with Crippen molar-refractivity contribution in [2.24, 2.45) is 5.92 Å². The predicted octanol–water partition coefficient (Wildman–Crippen LogP) is 2.02. The van der Waals surface area contributed by atoms with Gasteiger partial charge in [0, 0.05) is 19.2 Å². The first-order valence-electron chi connectivity index (χ1n) is 6.16. The molecular weight excluding hydrogens is 268 g/mol. The highest BCUT2D eigenvalue weighted by molar-refractivity contribution is 7.89. The van der Waals surface area contributed by atoms with Crippen LogP contribution < -0.4 is 0 Å². The molecule has 0 amide bonds. The first-order valence-corrected chi connectivity index (χ1v) is 7.60. The number of nitro benzene ring substituents is 1. The fourth-order valence-electron chi connectivity index (χ4n) is 2.33. The van der Waals surface area contributed by atoms with Crippen LogP contribution in [0.5, 0.6) is 0 Å². The Morgan fingerprint density at radius 2 is 2.05 bits per heavy atom. The number of hydrogen-bond donors (Lipinski definition) is 0. The third-order valence-electron chi connectivity index (χ3n) is 3.30. The Kier molecular flexibility index (Phi) is 3.86. The third-order valence-corrected chi connectivity index (χ3v) is 5.21. The number of nitro groups is 1. The molecule has 1 aliphatic heterocycles. The topological polar surface area (TPSA) is 80.5 Å². The number of nitrogens with zero attached hydrogens (tertiary/aromatic N) is 2. The maximum Gasteiger partial charge on any atom is 0.289 e. The molecule has 1 aromatic carbocycles. The van der Waals surface area contributed by atoms with Gasteiger partial charge in [-0.1, -0.05) is 19.1 Å². The molecule has 1 aromatic rings. The minimum atomic E-state index is -3.78. The second-order valence-corrected chi connectivity index (χ2v) is 6.74. The van der Waals surface area contributed by atoms with Crippen molar-refractivity contribution in [3.8, 4) is 0 Å². The Bertz CT molecular complexity index is 585. The molecule has 104 valence electrons. The van der Waals surface area contributed by atoms with Gasteiger partial charge in [0.05, 0.1) is 4.92 Å². The maximum atomic E-state index is 12.5. The Hall–Kier alpha value is -1.47. The van der Waals surface area contributed by atoms with Gasteiger partial charge in [-0.3, -0.25) is 10.1 Å². The minimum absolute atomic E-state index is 0.214. The quantitative estimate of drug-likeness (QED) is 0.628. The molecule has 0 spiro atoms. The molecule has 1 saturated heterocycles. The molecule has 0 N–H and O–H groups in total. The summed E-state index contributed by atoms with van der Waals surface area (Å²) < 4.78 is 26.3. The molecule has 6 nitrogen and oxygen atoms in total. The highest BCUT2D eigenvalue weighted by atomic mass is 32.2. The highest BCUT2D eigenvalue weighted by Crippen LogP contribution is 2.29. The molecule has 0 saturated carbocycles. The van der Waals surface area contributed by atoms with Gasteiger partial charge in [0.25, 0.3) is 5.69 Å². The monoisotopic (exact) mass is 284 g/mol. The van der Waals surface area contributed by atoms with Crippen LogP contribution in [0.25, 0.3) is 0 Å². The van der Waals surface area contributed by atoms with Gasteiger partial charge in [0.1, 0.15) is 0 Å². The van der Waals surface area contributed by atoms with Crippen LogP contribution >= 0.6 is 0 Å². The van der Waals surface area contributed by atoms with E-state index in [-0.39, 0.29) is 16.5 Å².